The zero-order valence-electron chi connectivity index (χ0n) is 16.4. The van der Waals surface area contributed by atoms with Crippen LogP contribution in [0.15, 0.2) is 47.4 Å². The molecule has 3 rings (SSSR count). The van der Waals surface area contributed by atoms with Crippen molar-refractivity contribution in [3.8, 4) is 17.2 Å². The second-order valence-corrected chi connectivity index (χ2v) is 8.18. The molecule has 0 unspecified atom stereocenters. The summed E-state index contributed by atoms with van der Waals surface area (Å²) in [5.41, 5.74) is 0.508. The Labute approximate surface area is 170 Å². The Kier molecular flexibility index (Phi) is 6.60. The van der Waals surface area contributed by atoms with Gasteiger partial charge in [-0.25, -0.2) is 8.42 Å². The number of fused-ring (bicyclic) bond motifs is 1. The summed E-state index contributed by atoms with van der Waals surface area (Å²) < 4.78 is 43.2. The number of nitrogens with zero attached hydrogens (tertiary/aromatic N) is 1. The molecule has 1 aliphatic heterocycles. The van der Waals surface area contributed by atoms with E-state index in [-0.39, 0.29) is 18.0 Å². The number of hydrogen-bond acceptors (Lipinski definition) is 6. The average Bonchev–Trinajstić information content (AvgIpc) is 2.72. The van der Waals surface area contributed by atoms with E-state index < -0.39 is 15.9 Å². The zero-order valence-corrected chi connectivity index (χ0v) is 17.2. The smallest absolute Gasteiger partial charge is 0.243 e. The van der Waals surface area contributed by atoms with Crippen molar-refractivity contribution in [2.75, 3.05) is 38.2 Å². The summed E-state index contributed by atoms with van der Waals surface area (Å²) in [6.07, 6.45) is 0. The summed E-state index contributed by atoms with van der Waals surface area (Å²) in [6, 6.07) is 11.2. The van der Waals surface area contributed by atoms with Crippen LogP contribution in [-0.4, -0.2) is 51.5 Å². The van der Waals surface area contributed by atoms with Crippen LogP contribution in [0.1, 0.15) is 13.8 Å². The topological polar surface area (TPSA) is 94.2 Å². The molecule has 1 heterocycles. The molecule has 0 spiro atoms. The van der Waals surface area contributed by atoms with Crippen molar-refractivity contribution < 1.29 is 27.4 Å². The van der Waals surface area contributed by atoms with Crippen molar-refractivity contribution in [1.29, 1.82) is 0 Å². The molecule has 0 fully saturated rings. The number of amides is 1. The third-order valence-electron chi connectivity index (χ3n) is 4.27. The lowest BCUT2D eigenvalue weighted by Gasteiger charge is -2.21. The van der Waals surface area contributed by atoms with E-state index in [0.717, 1.165) is 4.31 Å². The Hall–Kier alpha value is -2.78. The molecule has 1 aliphatic rings. The number of anilines is 1. The Morgan fingerprint density at radius 1 is 1.07 bits per heavy atom. The highest BCUT2D eigenvalue weighted by Gasteiger charge is 2.25. The quantitative estimate of drug-likeness (QED) is 0.705. The number of carbonyl (C=O) groups excluding carboxylic acids is 1. The second kappa shape index (κ2) is 9.15. The zero-order chi connectivity index (χ0) is 20.9. The first-order chi connectivity index (χ1) is 13.9. The maximum Gasteiger partial charge on any atom is 0.243 e. The standard InChI is InChI=1S/C20H24N2O6S/c1-3-22(29(24,25)17-8-6-16(7-9-17)26-4-2)14-20(23)21-15-5-10-18-19(13-15)28-12-11-27-18/h5-10,13H,3-4,11-12,14H2,1-2H3,(H,21,23). The Morgan fingerprint density at radius 3 is 2.41 bits per heavy atom. The van der Waals surface area contributed by atoms with Crippen LogP contribution in [0.4, 0.5) is 5.69 Å². The molecule has 2 aromatic carbocycles. The number of hydrogen-bond donors (Lipinski definition) is 1. The van der Waals surface area contributed by atoms with Gasteiger partial charge in [0.25, 0.3) is 0 Å². The van der Waals surface area contributed by atoms with Crippen LogP contribution in [0, 0.1) is 0 Å². The maximum atomic E-state index is 12.9. The van der Waals surface area contributed by atoms with Crippen LogP contribution >= 0.6 is 0 Å². The van der Waals surface area contributed by atoms with Gasteiger partial charge in [0.1, 0.15) is 19.0 Å². The molecule has 156 valence electrons. The van der Waals surface area contributed by atoms with Gasteiger partial charge in [-0.2, -0.15) is 4.31 Å². The SMILES string of the molecule is CCOc1ccc(S(=O)(=O)N(CC)CC(=O)Nc2ccc3c(c2)OCCO3)cc1. The fourth-order valence-electron chi connectivity index (χ4n) is 2.87. The lowest BCUT2D eigenvalue weighted by Crippen LogP contribution is -2.37. The fraction of sp³-hybridized carbons (Fsp3) is 0.350. The highest BCUT2D eigenvalue weighted by molar-refractivity contribution is 7.89. The number of rotatable bonds is 8. The van der Waals surface area contributed by atoms with Gasteiger partial charge in [0.05, 0.1) is 18.0 Å². The molecular formula is C20H24N2O6S. The Balaban J connectivity index is 1.68. The molecule has 0 saturated carbocycles. The van der Waals surface area contributed by atoms with Gasteiger partial charge in [-0.15, -0.1) is 0 Å². The van der Waals surface area contributed by atoms with Gasteiger partial charge in [-0.3, -0.25) is 4.79 Å². The first kappa shape index (κ1) is 20.9. The number of carbonyl (C=O) groups is 1. The molecule has 1 amide bonds. The van der Waals surface area contributed by atoms with Gasteiger partial charge in [0, 0.05) is 18.3 Å². The molecule has 29 heavy (non-hydrogen) atoms. The fourth-order valence-corrected chi connectivity index (χ4v) is 4.28. The summed E-state index contributed by atoms with van der Waals surface area (Å²) in [4.78, 5) is 12.6. The van der Waals surface area contributed by atoms with Gasteiger partial charge >= 0.3 is 0 Å². The second-order valence-electron chi connectivity index (χ2n) is 6.24. The molecule has 9 heteroatoms. The monoisotopic (exact) mass is 420 g/mol. The predicted molar refractivity (Wildman–Crippen MR) is 108 cm³/mol. The van der Waals surface area contributed by atoms with Crippen LogP contribution in [0.5, 0.6) is 17.2 Å². The molecule has 0 aliphatic carbocycles. The van der Waals surface area contributed by atoms with Crippen LogP contribution in [0.25, 0.3) is 0 Å². The van der Waals surface area contributed by atoms with Crippen LogP contribution in [-0.2, 0) is 14.8 Å². The van der Waals surface area contributed by atoms with E-state index in [1.807, 2.05) is 6.92 Å². The number of nitrogens with one attached hydrogen (secondary N) is 1. The summed E-state index contributed by atoms with van der Waals surface area (Å²) in [6.45, 7) is 4.80. The van der Waals surface area contributed by atoms with E-state index in [2.05, 4.69) is 5.32 Å². The molecule has 0 radical (unpaired) electrons. The number of sulfonamides is 1. The van der Waals surface area contributed by atoms with Crippen molar-refractivity contribution in [1.82, 2.24) is 4.31 Å². The molecule has 1 N–H and O–H groups in total. The molecular weight excluding hydrogens is 396 g/mol. The first-order valence-corrected chi connectivity index (χ1v) is 10.8. The van der Waals surface area contributed by atoms with Crippen molar-refractivity contribution in [3.63, 3.8) is 0 Å². The molecule has 0 aromatic heterocycles. The summed E-state index contributed by atoms with van der Waals surface area (Å²) >= 11 is 0. The minimum atomic E-state index is -3.81. The van der Waals surface area contributed by atoms with Crippen molar-refractivity contribution in [2.45, 2.75) is 18.7 Å². The normalized spacial score (nSPS) is 13.2. The minimum absolute atomic E-state index is 0.106. The highest BCUT2D eigenvalue weighted by Crippen LogP contribution is 2.32. The minimum Gasteiger partial charge on any atom is -0.494 e. The van der Waals surface area contributed by atoms with Crippen molar-refractivity contribution in [3.05, 3.63) is 42.5 Å². The summed E-state index contributed by atoms with van der Waals surface area (Å²) in [7, 11) is -3.81. The van der Waals surface area contributed by atoms with Gasteiger partial charge in [-0.05, 0) is 43.3 Å². The van der Waals surface area contributed by atoms with Gasteiger partial charge < -0.3 is 19.5 Å². The van der Waals surface area contributed by atoms with Crippen molar-refractivity contribution >= 4 is 21.6 Å². The van der Waals surface area contributed by atoms with Crippen LogP contribution < -0.4 is 19.5 Å². The largest absolute Gasteiger partial charge is 0.494 e. The van der Waals surface area contributed by atoms with Gasteiger partial charge in [-0.1, -0.05) is 6.92 Å². The van der Waals surface area contributed by atoms with E-state index >= 15 is 0 Å². The van der Waals surface area contributed by atoms with Crippen LogP contribution in [0.2, 0.25) is 0 Å². The van der Waals surface area contributed by atoms with Crippen LogP contribution in [0.3, 0.4) is 0 Å². The lowest BCUT2D eigenvalue weighted by atomic mass is 10.2. The Bertz CT molecular complexity index is 959. The van der Waals surface area contributed by atoms with Crippen molar-refractivity contribution in [2.24, 2.45) is 0 Å². The van der Waals surface area contributed by atoms with E-state index in [0.29, 0.717) is 42.8 Å². The first-order valence-electron chi connectivity index (χ1n) is 9.36. The number of likely N-dealkylation sites (N-methyl/N-ethyl adjacent to an activating group) is 1. The molecule has 0 bridgehead atoms. The highest BCUT2D eigenvalue weighted by atomic mass is 32.2. The summed E-state index contributed by atoms with van der Waals surface area (Å²) in [5, 5.41) is 2.71. The molecule has 8 nitrogen and oxygen atoms in total. The summed E-state index contributed by atoms with van der Waals surface area (Å²) in [5.74, 6) is 1.30. The molecule has 0 atom stereocenters. The van der Waals surface area contributed by atoms with E-state index in [9.17, 15) is 13.2 Å². The predicted octanol–water partition coefficient (Wildman–Crippen LogP) is 2.51. The number of ether oxygens (including phenoxy) is 3. The lowest BCUT2D eigenvalue weighted by molar-refractivity contribution is -0.116. The number of benzene rings is 2. The van der Waals surface area contributed by atoms with Gasteiger partial charge in [0.2, 0.25) is 15.9 Å². The Morgan fingerprint density at radius 2 is 1.76 bits per heavy atom. The molecule has 2 aromatic rings. The molecule has 0 saturated heterocycles. The van der Waals surface area contributed by atoms with E-state index in [1.165, 1.54) is 12.1 Å². The third-order valence-corrected chi connectivity index (χ3v) is 6.21. The van der Waals surface area contributed by atoms with Gasteiger partial charge in [0.15, 0.2) is 11.5 Å². The van der Waals surface area contributed by atoms with E-state index in [1.54, 1.807) is 37.3 Å². The maximum absolute atomic E-state index is 12.9. The average molecular weight is 420 g/mol. The van der Waals surface area contributed by atoms with E-state index in [4.69, 9.17) is 14.2 Å². The third kappa shape index (κ3) is 4.99.